The number of carbonyl (C=O) groups excluding carboxylic acids is 2. The topological polar surface area (TPSA) is 55.4 Å². The molecule has 0 spiro atoms. The summed E-state index contributed by atoms with van der Waals surface area (Å²) >= 11 is 1.57. The lowest BCUT2D eigenvalue weighted by molar-refractivity contribution is -0.138. The largest absolute Gasteiger partial charge is 0.463 e. The predicted molar refractivity (Wildman–Crippen MR) is 94.6 cm³/mol. The molecule has 1 N–H and O–H groups in total. The van der Waals surface area contributed by atoms with Crippen LogP contribution in [0.25, 0.3) is 0 Å². The molecule has 0 radical (unpaired) electrons. The Labute approximate surface area is 146 Å². The Morgan fingerprint density at radius 1 is 1.42 bits per heavy atom. The number of Topliss-reactive ketones (excluding diaryl/α,β-unsaturated/α-hetero) is 1. The average Bonchev–Trinajstić information content (AvgIpc) is 2.98. The molecule has 5 heteroatoms. The van der Waals surface area contributed by atoms with E-state index in [1.54, 1.807) is 18.3 Å². The van der Waals surface area contributed by atoms with E-state index in [2.05, 4.69) is 19.2 Å². The van der Waals surface area contributed by atoms with Crippen molar-refractivity contribution < 1.29 is 14.3 Å². The van der Waals surface area contributed by atoms with Gasteiger partial charge in [-0.15, -0.1) is 11.3 Å². The van der Waals surface area contributed by atoms with Crippen molar-refractivity contribution in [2.45, 2.75) is 46.5 Å². The molecule has 1 aliphatic heterocycles. The molecule has 1 aliphatic carbocycles. The van der Waals surface area contributed by atoms with Crippen molar-refractivity contribution in [3.05, 3.63) is 44.9 Å². The van der Waals surface area contributed by atoms with Gasteiger partial charge in [-0.05, 0) is 37.1 Å². The van der Waals surface area contributed by atoms with E-state index in [4.69, 9.17) is 4.74 Å². The number of allylic oxidation sites excluding steroid dienone is 3. The maximum Gasteiger partial charge on any atom is 0.336 e. The summed E-state index contributed by atoms with van der Waals surface area (Å²) in [5.41, 5.74) is 2.98. The fraction of sp³-hybridized carbons (Fsp3) is 0.474. The second-order valence-electron chi connectivity index (χ2n) is 7.17. The van der Waals surface area contributed by atoms with Crippen LogP contribution in [0.5, 0.6) is 0 Å². The van der Waals surface area contributed by atoms with E-state index in [1.165, 1.54) is 0 Å². The molecule has 0 bridgehead atoms. The maximum absolute atomic E-state index is 12.9. The number of nitrogens with one attached hydrogen (secondary N) is 1. The van der Waals surface area contributed by atoms with Gasteiger partial charge < -0.3 is 10.1 Å². The Balaban J connectivity index is 2.14. The Kier molecular flexibility index (Phi) is 4.38. The Hall–Kier alpha value is -1.88. The summed E-state index contributed by atoms with van der Waals surface area (Å²) < 4.78 is 5.27. The number of hydrogen-bond donors (Lipinski definition) is 1. The molecule has 0 amide bonds. The van der Waals surface area contributed by atoms with Crippen LogP contribution in [0.4, 0.5) is 0 Å². The first-order valence-corrected chi connectivity index (χ1v) is 9.16. The number of esters is 1. The summed E-state index contributed by atoms with van der Waals surface area (Å²) in [6.07, 6.45) is 1.31. The van der Waals surface area contributed by atoms with Crippen LogP contribution in [0.2, 0.25) is 0 Å². The number of ether oxygens (including phenoxy) is 1. The van der Waals surface area contributed by atoms with Crippen molar-refractivity contribution in [1.29, 1.82) is 0 Å². The predicted octanol–water partition coefficient (Wildman–Crippen LogP) is 3.92. The number of rotatable bonds is 3. The van der Waals surface area contributed by atoms with Gasteiger partial charge in [0.25, 0.3) is 0 Å². The molecule has 1 atom stereocenters. The zero-order valence-corrected chi connectivity index (χ0v) is 15.4. The summed E-state index contributed by atoms with van der Waals surface area (Å²) in [6, 6.07) is 3.95. The van der Waals surface area contributed by atoms with Crippen LogP contribution < -0.4 is 5.32 Å². The van der Waals surface area contributed by atoms with Crippen LogP contribution in [0.1, 0.15) is 51.3 Å². The van der Waals surface area contributed by atoms with Crippen LogP contribution in [0.3, 0.4) is 0 Å². The molecular formula is C19H23NO3S. The summed E-state index contributed by atoms with van der Waals surface area (Å²) in [5.74, 6) is -0.532. The highest BCUT2D eigenvalue weighted by Crippen LogP contribution is 2.47. The first-order valence-electron chi connectivity index (χ1n) is 8.28. The highest BCUT2D eigenvalue weighted by molar-refractivity contribution is 7.10. The smallest absolute Gasteiger partial charge is 0.336 e. The van der Waals surface area contributed by atoms with Gasteiger partial charge in [-0.2, -0.15) is 0 Å². The van der Waals surface area contributed by atoms with Crippen LogP contribution in [-0.4, -0.2) is 18.4 Å². The van der Waals surface area contributed by atoms with Gasteiger partial charge in [0.1, 0.15) is 0 Å². The van der Waals surface area contributed by atoms with Crippen molar-refractivity contribution in [3.8, 4) is 0 Å². The second kappa shape index (κ2) is 6.20. The number of dihydropyridines is 1. The van der Waals surface area contributed by atoms with E-state index < -0.39 is 0 Å². The first-order chi connectivity index (χ1) is 11.3. The molecule has 0 unspecified atom stereocenters. The molecule has 2 heterocycles. The fourth-order valence-corrected chi connectivity index (χ4v) is 4.50. The molecule has 24 heavy (non-hydrogen) atoms. The van der Waals surface area contributed by atoms with Crippen molar-refractivity contribution in [1.82, 2.24) is 5.32 Å². The summed E-state index contributed by atoms with van der Waals surface area (Å²) in [5, 5.41) is 5.31. The van der Waals surface area contributed by atoms with Gasteiger partial charge in [0.05, 0.1) is 18.1 Å². The Bertz CT molecular complexity index is 741. The average molecular weight is 345 g/mol. The Morgan fingerprint density at radius 3 is 2.79 bits per heavy atom. The van der Waals surface area contributed by atoms with E-state index in [9.17, 15) is 9.59 Å². The monoisotopic (exact) mass is 345 g/mol. The maximum atomic E-state index is 12.9. The van der Waals surface area contributed by atoms with Crippen LogP contribution >= 0.6 is 11.3 Å². The van der Waals surface area contributed by atoms with Crippen molar-refractivity contribution in [2.75, 3.05) is 6.61 Å². The van der Waals surface area contributed by atoms with Crippen molar-refractivity contribution >= 4 is 23.1 Å². The number of carbonyl (C=O) groups is 2. The van der Waals surface area contributed by atoms with E-state index >= 15 is 0 Å². The minimum absolute atomic E-state index is 0.0649. The highest BCUT2D eigenvalue weighted by Gasteiger charge is 2.43. The lowest BCUT2D eigenvalue weighted by Crippen LogP contribution is -2.38. The Morgan fingerprint density at radius 2 is 2.17 bits per heavy atom. The molecular weight excluding hydrogens is 322 g/mol. The molecule has 2 aliphatic rings. The van der Waals surface area contributed by atoms with E-state index in [1.807, 2.05) is 24.4 Å². The minimum atomic E-state index is -0.343. The zero-order chi connectivity index (χ0) is 17.5. The lowest BCUT2D eigenvalue weighted by Gasteiger charge is -2.39. The normalized spacial score (nSPS) is 23.0. The molecule has 0 fully saturated rings. The highest BCUT2D eigenvalue weighted by atomic mass is 32.1. The van der Waals surface area contributed by atoms with Crippen LogP contribution in [-0.2, 0) is 14.3 Å². The van der Waals surface area contributed by atoms with Gasteiger partial charge in [-0.3, -0.25) is 4.79 Å². The van der Waals surface area contributed by atoms with Crippen molar-refractivity contribution in [3.63, 3.8) is 0 Å². The first kappa shape index (κ1) is 17.0. The minimum Gasteiger partial charge on any atom is -0.463 e. The van der Waals surface area contributed by atoms with Crippen molar-refractivity contribution in [2.24, 2.45) is 5.41 Å². The standard InChI is InChI=1S/C19H23NO3S/c1-5-23-18(22)15-11(2)20-12-9-19(3,4)10-13(21)16(12)17(15)14-7-6-8-24-14/h6-8,17,20H,5,9-10H2,1-4H3/t17-/m0/s1. The molecule has 3 rings (SSSR count). The second-order valence-corrected chi connectivity index (χ2v) is 8.15. The quantitative estimate of drug-likeness (QED) is 0.844. The van der Waals surface area contributed by atoms with E-state index in [0.717, 1.165) is 28.3 Å². The lowest BCUT2D eigenvalue weighted by atomic mass is 9.70. The third-order valence-electron chi connectivity index (χ3n) is 4.56. The van der Waals surface area contributed by atoms with Crippen LogP contribution in [0, 0.1) is 5.41 Å². The number of thiophene rings is 1. The van der Waals surface area contributed by atoms with E-state index in [0.29, 0.717) is 18.6 Å². The summed E-state index contributed by atoms with van der Waals surface area (Å²) in [6.45, 7) is 8.22. The van der Waals surface area contributed by atoms with Gasteiger partial charge in [0.2, 0.25) is 0 Å². The van der Waals surface area contributed by atoms with Gasteiger partial charge in [0, 0.05) is 28.3 Å². The fourth-order valence-electron chi connectivity index (χ4n) is 3.66. The molecule has 0 saturated heterocycles. The van der Waals surface area contributed by atoms with Gasteiger partial charge in [-0.25, -0.2) is 4.79 Å². The molecule has 128 valence electrons. The molecule has 0 aromatic carbocycles. The van der Waals surface area contributed by atoms with E-state index in [-0.39, 0.29) is 23.1 Å². The van der Waals surface area contributed by atoms with Crippen LogP contribution in [0.15, 0.2) is 40.1 Å². The molecule has 1 aromatic heterocycles. The summed E-state index contributed by atoms with van der Waals surface area (Å²) in [4.78, 5) is 26.5. The van der Waals surface area contributed by atoms with Gasteiger partial charge in [0.15, 0.2) is 5.78 Å². The third-order valence-corrected chi connectivity index (χ3v) is 5.50. The summed E-state index contributed by atoms with van der Waals surface area (Å²) in [7, 11) is 0. The molecule has 1 aromatic rings. The zero-order valence-electron chi connectivity index (χ0n) is 14.6. The molecule has 4 nitrogen and oxygen atoms in total. The number of hydrogen-bond acceptors (Lipinski definition) is 5. The number of ketones is 1. The third kappa shape index (κ3) is 2.93. The SMILES string of the molecule is CCOC(=O)C1=C(C)NC2=C(C(=O)CC(C)(C)C2)[C@H]1c1cccs1. The van der Waals surface area contributed by atoms with Gasteiger partial charge in [-0.1, -0.05) is 19.9 Å². The van der Waals surface area contributed by atoms with Gasteiger partial charge >= 0.3 is 5.97 Å². The molecule has 0 saturated carbocycles.